The van der Waals surface area contributed by atoms with Crippen molar-refractivity contribution in [2.24, 2.45) is 0 Å². The quantitative estimate of drug-likeness (QED) is 0.582. The second kappa shape index (κ2) is 8.92. The number of benzene rings is 1. The second-order valence-corrected chi connectivity index (χ2v) is 8.93. The minimum absolute atomic E-state index is 0.00374. The summed E-state index contributed by atoms with van der Waals surface area (Å²) in [4.78, 5) is 9.27. The van der Waals surface area contributed by atoms with Crippen molar-refractivity contribution in [2.75, 3.05) is 36.1 Å². The lowest BCUT2D eigenvalue weighted by molar-refractivity contribution is 0.122. The predicted molar refractivity (Wildman–Crippen MR) is 132 cm³/mol. The topological polar surface area (TPSA) is 45.6 Å². The number of anilines is 2. The first kappa shape index (κ1) is 21.0. The molecular formula is C25H29N5OS. The van der Waals surface area contributed by atoms with Crippen LogP contribution in [-0.2, 0) is 4.74 Å². The maximum absolute atomic E-state index is 5.87. The molecule has 0 spiro atoms. The minimum Gasteiger partial charge on any atom is -0.378 e. The lowest BCUT2D eigenvalue weighted by Crippen LogP contribution is -2.36. The molecule has 2 aliphatic heterocycles. The van der Waals surface area contributed by atoms with E-state index in [1.165, 1.54) is 11.4 Å². The van der Waals surface area contributed by atoms with Crippen molar-refractivity contribution in [1.82, 2.24) is 14.9 Å². The molecule has 5 rings (SSSR count). The molecule has 7 heteroatoms. The van der Waals surface area contributed by atoms with Gasteiger partial charge in [0.15, 0.2) is 5.11 Å². The summed E-state index contributed by atoms with van der Waals surface area (Å²) in [6.45, 7) is 7.83. The first-order valence-corrected chi connectivity index (χ1v) is 11.6. The Balaban J connectivity index is 1.53. The van der Waals surface area contributed by atoms with Crippen LogP contribution in [-0.4, -0.2) is 41.0 Å². The molecule has 2 fully saturated rings. The lowest BCUT2D eigenvalue weighted by atomic mass is 10.0. The number of aromatic nitrogens is 2. The summed E-state index contributed by atoms with van der Waals surface area (Å²) in [6, 6.07) is 19.4. The lowest BCUT2D eigenvalue weighted by Gasteiger charge is -2.31. The highest BCUT2D eigenvalue weighted by molar-refractivity contribution is 7.80. The van der Waals surface area contributed by atoms with Crippen molar-refractivity contribution < 1.29 is 4.74 Å². The molecule has 2 aliphatic rings. The molecule has 0 amide bonds. The Morgan fingerprint density at radius 1 is 1.00 bits per heavy atom. The Morgan fingerprint density at radius 3 is 2.44 bits per heavy atom. The normalized spacial score (nSPS) is 21.3. The molecule has 0 saturated carbocycles. The van der Waals surface area contributed by atoms with Crippen LogP contribution in [0.25, 0.3) is 0 Å². The Bertz CT molecular complexity index is 1060. The number of nitrogens with one attached hydrogen (secondary N) is 1. The molecule has 2 atom stereocenters. The molecule has 4 heterocycles. The van der Waals surface area contributed by atoms with E-state index in [-0.39, 0.29) is 12.1 Å². The zero-order valence-corrected chi connectivity index (χ0v) is 19.3. The molecule has 32 heavy (non-hydrogen) atoms. The van der Waals surface area contributed by atoms with Gasteiger partial charge in [-0.15, -0.1) is 0 Å². The van der Waals surface area contributed by atoms with Crippen LogP contribution in [0.3, 0.4) is 0 Å². The fourth-order valence-electron chi connectivity index (χ4n) is 4.71. The molecule has 3 aromatic rings. The molecular weight excluding hydrogens is 418 g/mol. The first-order chi connectivity index (χ1) is 15.6. The van der Waals surface area contributed by atoms with Crippen molar-refractivity contribution in [3.63, 3.8) is 0 Å². The Kier molecular flexibility index (Phi) is 5.85. The number of thiocarbonyl (C=S) groups is 1. The summed E-state index contributed by atoms with van der Waals surface area (Å²) in [7, 11) is 0. The number of ether oxygens (including phenoxy) is 1. The molecule has 0 unspecified atom stereocenters. The summed E-state index contributed by atoms with van der Waals surface area (Å²) in [5.41, 5.74) is 4.52. The second-order valence-electron chi connectivity index (χ2n) is 8.55. The van der Waals surface area contributed by atoms with Gasteiger partial charge in [0.05, 0.1) is 24.9 Å². The van der Waals surface area contributed by atoms with Crippen LogP contribution >= 0.6 is 12.2 Å². The summed E-state index contributed by atoms with van der Waals surface area (Å²) in [5, 5.41) is 4.28. The van der Waals surface area contributed by atoms with E-state index in [4.69, 9.17) is 17.0 Å². The van der Waals surface area contributed by atoms with Crippen LogP contribution in [0.2, 0.25) is 0 Å². The van der Waals surface area contributed by atoms with Crippen LogP contribution in [0.5, 0.6) is 0 Å². The molecule has 1 aromatic carbocycles. The largest absolute Gasteiger partial charge is 0.378 e. The van der Waals surface area contributed by atoms with Crippen molar-refractivity contribution in [2.45, 2.75) is 32.0 Å². The van der Waals surface area contributed by atoms with E-state index in [9.17, 15) is 0 Å². The van der Waals surface area contributed by atoms with Gasteiger partial charge in [-0.1, -0.05) is 6.07 Å². The van der Waals surface area contributed by atoms with Crippen LogP contribution in [0.1, 0.15) is 43.4 Å². The molecule has 2 aromatic heterocycles. The van der Waals surface area contributed by atoms with Crippen molar-refractivity contribution in [3.8, 4) is 0 Å². The van der Waals surface area contributed by atoms with Crippen LogP contribution < -0.4 is 15.1 Å². The maximum Gasteiger partial charge on any atom is 0.174 e. The number of hydrogen-bond donors (Lipinski definition) is 1. The third-order valence-electron chi connectivity index (χ3n) is 6.27. The number of morpholine rings is 1. The highest BCUT2D eigenvalue weighted by Gasteiger charge is 2.42. The fourth-order valence-corrected chi connectivity index (χ4v) is 5.05. The first-order valence-electron chi connectivity index (χ1n) is 11.2. The van der Waals surface area contributed by atoms with Crippen molar-refractivity contribution in [1.29, 1.82) is 0 Å². The summed E-state index contributed by atoms with van der Waals surface area (Å²) in [6.07, 6.45) is 3.99. The van der Waals surface area contributed by atoms with Gasteiger partial charge in [-0.2, -0.15) is 0 Å². The van der Waals surface area contributed by atoms with E-state index in [1.54, 1.807) is 0 Å². The van der Waals surface area contributed by atoms with Gasteiger partial charge in [-0.05, 0) is 74.6 Å². The van der Waals surface area contributed by atoms with Gasteiger partial charge in [0.25, 0.3) is 0 Å². The van der Waals surface area contributed by atoms with Crippen LogP contribution in [0.15, 0.2) is 67.0 Å². The molecule has 2 saturated heterocycles. The minimum atomic E-state index is -0.0324. The standard InChI is InChI=1S/C25H29N5OS/c1-18(2)29-13-5-7-22(29)24-23(21-6-3-4-12-26-21)27-25(32)30(24)20-10-8-19(9-11-20)28-14-16-31-17-15-28/h3-13,18,23-24H,14-17H2,1-2H3,(H,27,32)/t23-,24-/m1/s1. The number of pyridine rings is 1. The van der Waals surface area contributed by atoms with Gasteiger partial charge in [0, 0.05) is 48.6 Å². The number of rotatable bonds is 5. The summed E-state index contributed by atoms with van der Waals surface area (Å²) >= 11 is 5.87. The molecule has 0 bridgehead atoms. The van der Waals surface area contributed by atoms with Crippen molar-refractivity contribution >= 4 is 28.7 Å². The van der Waals surface area contributed by atoms with E-state index >= 15 is 0 Å². The molecule has 0 aliphatic carbocycles. The number of hydrogen-bond acceptors (Lipinski definition) is 4. The average Bonchev–Trinajstić information content (AvgIpc) is 3.45. The smallest absolute Gasteiger partial charge is 0.174 e. The van der Waals surface area contributed by atoms with Gasteiger partial charge in [0.2, 0.25) is 0 Å². The van der Waals surface area contributed by atoms with Crippen LogP contribution in [0.4, 0.5) is 11.4 Å². The summed E-state index contributed by atoms with van der Waals surface area (Å²) in [5.74, 6) is 0. The predicted octanol–water partition coefficient (Wildman–Crippen LogP) is 4.48. The summed E-state index contributed by atoms with van der Waals surface area (Å²) < 4.78 is 7.82. The average molecular weight is 448 g/mol. The van der Waals surface area contributed by atoms with E-state index in [0.717, 1.165) is 42.8 Å². The van der Waals surface area contributed by atoms with Gasteiger partial charge >= 0.3 is 0 Å². The molecule has 166 valence electrons. The Morgan fingerprint density at radius 2 is 1.75 bits per heavy atom. The van der Waals surface area contributed by atoms with E-state index in [2.05, 4.69) is 87.2 Å². The third-order valence-corrected chi connectivity index (χ3v) is 6.59. The van der Waals surface area contributed by atoms with E-state index in [0.29, 0.717) is 6.04 Å². The maximum atomic E-state index is 5.87. The van der Waals surface area contributed by atoms with E-state index in [1.807, 2.05) is 18.3 Å². The molecule has 1 N–H and O–H groups in total. The van der Waals surface area contributed by atoms with Crippen LogP contribution in [0, 0.1) is 0 Å². The zero-order valence-electron chi connectivity index (χ0n) is 18.5. The SMILES string of the molecule is CC(C)n1cccc1[C@@H]1[C@@H](c2ccccn2)NC(=S)N1c1ccc(N2CCOCC2)cc1. The third kappa shape index (κ3) is 3.87. The van der Waals surface area contributed by atoms with Gasteiger partial charge in [0.1, 0.15) is 6.04 Å². The number of nitrogens with zero attached hydrogens (tertiary/aromatic N) is 4. The van der Waals surface area contributed by atoms with Crippen molar-refractivity contribution in [3.05, 3.63) is 78.4 Å². The van der Waals surface area contributed by atoms with E-state index < -0.39 is 0 Å². The van der Waals surface area contributed by atoms with Gasteiger partial charge < -0.3 is 24.4 Å². The highest BCUT2D eigenvalue weighted by atomic mass is 32.1. The molecule has 0 radical (unpaired) electrons. The Hall–Kier alpha value is -2.90. The fraction of sp³-hybridized carbons (Fsp3) is 0.360. The molecule has 6 nitrogen and oxygen atoms in total. The Labute approximate surface area is 194 Å². The monoisotopic (exact) mass is 447 g/mol. The van der Waals surface area contributed by atoms with Gasteiger partial charge in [-0.25, -0.2) is 0 Å². The van der Waals surface area contributed by atoms with Gasteiger partial charge in [-0.3, -0.25) is 4.98 Å². The zero-order chi connectivity index (χ0) is 22.1. The highest BCUT2D eigenvalue weighted by Crippen LogP contribution is 2.42.